The van der Waals surface area contributed by atoms with Gasteiger partial charge < -0.3 is 15.3 Å². The normalized spacial score (nSPS) is 19.2. The highest BCUT2D eigenvalue weighted by Gasteiger charge is 2.32. The van der Waals surface area contributed by atoms with Crippen LogP contribution in [-0.2, 0) is 0 Å². The minimum atomic E-state index is 0.418. The summed E-state index contributed by atoms with van der Waals surface area (Å²) >= 11 is 3.33. The van der Waals surface area contributed by atoms with Gasteiger partial charge in [-0.05, 0) is 149 Å². The molecule has 3 aromatic rings. The lowest BCUT2D eigenvalue weighted by molar-refractivity contribution is 0.445. The highest BCUT2D eigenvalue weighted by Crippen LogP contribution is 2.48. The van der Waals surface area contributed by atoms with Crippen LogP contribution in [0.1, 0.15) is 157 Å². The molecule has 0 amide bonds. The van der Waals surface area contributed by atoms with Crippen molar-refractivity contribution in [3.05, 3.63) is 86.9 Å². The van der Waals surface area contributed by atoms with E-state index in [9.17, 15) is 15.3 Å². The van der Waals surface area contributed by atoms with Crippen molar-refractivity contribution in [2.75, 3.05) is 0 Å². The smallest absolute Gasteiger partial charge is 0.133 e. The predicted octanol–water partition coefficient (Wildman–Crippen LogP) is 12.5. The van der Waals surface area contributed by atoms with Crippen molar-refractivity contribution < 1.29 is 15.3 Å². The maximum absolute atomic E-state index is 10.3. The highest BCUT2D eigenvalue weighted by molar-refractivity contribution is 9.10. The molecular weight excluding hydrogens is 620 g/mol. The van der Waals surface area contributed by atoms with Crippen LogP contribution in [-0.4, -0.2) is 15.3 Å². The Morgan fingerprint density at radius 2 is 0.800 bits per heavy atom. The molecule has 3 fully saturated rings. The van der Waals surface area contributed by atoms with Crippen LogP contribution in [0.4, 0.5) is 0 Å². The molecule has 6 rings (SSSR count). The summed E-state index contributed by atoms with van der Waals surface area (Å²) in [5.74, 6) is 6.36. The molecule has 3 N–H and O–H groups in total. The summed E-state index contributed by atoms with van der Waals surface area (Å²) in [5.41, 5.74) is 5.62. The second-order valence-corrected chi connectivity index (χ2v) is 15.1. The van der Waals surface area contributed by atoms with Crippen LogP contribution in [0, 0.1) is 17.8 Å². The van der Waals surface area contributed by atoms with E-state index in [-0.39, 0.29) is 0 Å². The van der Waals surface area contributed by atoms with Crippen molar-refractivity contribution in [1.29, 1.82) is 0 Å². The first-order chi connectivity index (χ1) is 21.5. The molecule has 0 radical (unpaired) electrons. The summed E-state index contributed by atoms with van der Waals surface area (Å²) in [6.45, 7) is 15.4. The zero-order valence-electron chi connectivity index (χ0n) is 28.7. The maximum atomic E-state index is 10.3. The van der Waals surface area contributed by atoms with Gasteiger partial charge in [0, 0.05) is 0 Å². The van der Waals surface area contributed by atoms with Gasteiger partial charge in [0.25, 0.3) is 0 Å². The molecule has 0 aromatic heterocycles. The topological polar surface area (TPSA) is 60.7 Å². The quantitative estimate of drug-likeness (QED) is 0.200. The van der Waals surface area contributed by atoms with Crippen LogP contribution in [0.15, 0.2) is 59.1 Å². The van der Waals surface area contributed by atoms with E-state index >= 15 is 0 Å². The standard InChI is InChI=1S/2C15H22O.C11H13BrO/c2*1-4-10(2)13-6-5-7-14(15(13)16)11(3)12-8-9-12;1-7(8-5-6-8)9-3-2-4-10(12)11(9)13/h2*5-7,10-12,16H,4,8-9H2,1-3H3;2-4,7-8,13H,5-6H2,1H3/t2*10?,11-;7-/m000/s1. The van der Waals surface area contributed by atoms with Gasteiger partial charge in [0.15, 0.2) is 0 Å². The third kappa shape index (κ3) is 9.09. The van der Waals surface area contributed by atoms with Crippen molar-refractivity contribution in [3.63, 3.8) is 0 Å². The third-order valence-corrected chi connectivity index (χ3v) is 11.6. The minimum absolute atomic E-state index is 0.418. The molecule has 3 aromatic carbocycles. The number of para-hydroxylation sites is 3. The number of benzene rings is 3. The van der Waals surface area contributed by atoms with Crippen LogP contribution in [0.25, 0.3) is 0 Å². The monoisotopic (exact) mass is 676 g/mol. The summed E-state index contributed by atoms with van der Waals surface area (Å²) in [4.78, 5) is 0. The summed E-state index contributed by atoms with van der Waals surface area (Å²) < 4.78 is 0.803. The van der Waals surface area contributed by atoms with Crippen LogP contribution < -0.4 is 0 Å². The van der Waals surface area contributed by atoms with Crippen LogP contribution in [0.5, 0.6) is 17.2 Å². The molecule has 4 heteroatoms. The van der Waals surface area contributed by atoms with E-state index in [2.05, 4.69) is 101 Å². The van der Waals surface area contributed by atoms with Crippen LogP contribution in [0.3, 0.4) is 0 Å². The molecule has 0 heterocycles. The van der Waals surface area contributed by atoms with Crippen molar-refractivity contribution in [2.24, 2.45) is 17.8 Å². The predicted molar refractivity (Wildman–Crippen MR) is 193 cm³/mol. The minimum Gasteiger partial charge on any atom is -0.507 e. The molecule has 3 saturated carbocycles. The fourth-order valence-corrected chi connectivity index (χ4v) is 6.96. The molecule has 3 nitrogen and oxygen atoms in total. The van der Waals surface area contributed by atoms with Crippen molar-refractivity contribution in [3.8, 4) is 17.2 Å². The summed E-state index contributed by atoms with van der Waals surface area (Å²) in [6, 6.07) is 18.4. The van der Waals surface area contributed by atoms with Gasteiger partial charge >= 0.3 is 0 Å². The van der Waals surface area contributed by atoms with E-state index in [1.807, 2.05) is 18.2 Å². The first-order valence-corrected chi connectivity index (χ1v) is 18.4. The van der Waals surface area contributed by atoms with E-state index < -0.39 is 0 Å². The highest BCUT2D eigenvalue weighted by atomic mass is 79.9. The Hall–Kier alpha value is -2.46. The number of aromatic hydroxyl groups is 3. The van der Waals surface area contributed by atoms with Gasteiger partial charge in [0.05, 0.1) is 4.47 Å². The summed E-state index contributed by atoms with van der Waals surface area (Å²) in [5, 5.41) is 30.5. The maximum Gasteiger partial charge on any atom is 0.133 e. The lowest BCUT2D eigenvalue weighted by Crippen LogP contribution is -2.00. The largest absolute Gasteiger partial charge is 0.507 e. The molecule has 246 valence electrons. The third-order valence-electron chi connectivity index (χ3n) is 11.0. The lowest BCUT2D eigenvalue weighted by Gasteiger charge is -2.18. The van der Waals surface area contributed by atoms with Gasteiger partial charge in [-0.1, -0.05) is 97.0 Å². The number of phenolic OH excluding ortho intramolecular Hbond substituents is 3. The summed E-state index contributed by atoms with van der Waals surface area (Å²) in [7, 11) is 0. The molecule has 45 heavy (non-hydrogen) atoms. The Labute approximate surface area is 281 Å². The number of phenols is 3. The van der Waals surface area contributed by atoms with E-state index in [1.165, 1.54) is 38.5 Å². The second-order valence-electron chi connectivity index (χ2n) is 14.2. The first kappa shape index (κ1) is 35.4. The molecule has 3 aliphatic carbocycles. The molecule has 0 saturated heterocycles. The van der Waals surface area contributed by atoms with Crippen LogP contribution >= 0.6 is 15.9 Å². The summed E-state index contributed by atoms with van der Waals surface area (Å²) in [6.07, 6.45) is 10.1. The van der Waals surface area contributed by atoms with E-state index in [0.717, 1.165) is 62.9 Å². The number of hydrogen-bond donors (Lipinski definition) is 3. The van der Waals surface area contributed by atoms with E-state index in [4.69, 9.17) is 0 Å². The lowest BCUT2D eigenvalue weighted by atomic mass is 9.89. The van der Waals surface area contributed by atoms with Gasteiger partial charge in [0.2, 0.25) is 0 Å². The number of rotatable bonds is 10. The van der Waals surface area contributed by atoms with Gasteiger partial charge in [-0.15, -0.1) is 0 Å². The number of halogens is 1. The zero-order valence-corrected chi connectivity index (χ0v) is 30.3. The molecule has 3 aliphatic rings. The van der Waals surface area contributed by atoms with Crippen molar-refractivity contribution >= 4 is 15.9 Å². The SMILES string of the molecule is CCC(C)c1cccc([C@@H](C)C2CC2)c1O.CCC(C)c1cccc([C@@H](C)C2CC2)c1O.C[C@H](c1cccc(Br)c1O)C1CC1. The Morgan fingerprint density at radius 1 is 0.511 bits per heavy atom. The van der Waals surface area contributed by atoms with Gasteiger partial charge in [0.1, 0.15) is 17.2 Å². The Morgan fingerprint density at radius 3 is 1.11 bits per heavy atom. The van der Waals surface area contributed by atoms with Crippen molar-refractivity contribution in [1.82, 2.24) is 0 Å². The Kier molecular flexibility index (Phi) is 12.5. The van der Waals surface area contributed by atoms with E-state index in [0.29, 0.717) is 46.8 Å². The first-order valence-electron chi connectivity index (χ1n) is 17.6. The average molecular weight is 678 g/mol. The number of hydrogen-bond acceptors (Lipinski definition) is 3. The van der Waals surface area contributed by atoms with E-state index in [1.54, 1.807) is 0 Å². The van der Waals surface area contributed by atoms with Gasteiger partial charge in [-0.25, -0.2) is 0 Å². The molecule has 0 bridgehead atoms. The molecule has 0 spiro atoms. The Balaban J connectivity index is 0.000000155. The fraction of sp³-hybridized carbons (Fsp3) is 0.561. The second kappa shape index (κ2) is 15.9. The average Bonchev–Trinajstić information content (AvgIpc) is 3.89. The molecule has 5 atom stereocenters. The molecule has 2 unspecified atom stereocenters. The molecule has 0 aliphatic heterocycles. The zero-order chi connectivity index (χ0) is 32.8. The van der Waals surface area contributed by atoms with Gasteiger partial charge in [-0.2, -0.15) is 0 Å². The molecular formula is C41H57BrO3. The van der Waals surface area contributed by atoms with Gasteiger partial charge in [-0.3, -0.25) is 0 Å². The fourth-order valence-electron chi connectivity index (χ4n) is 6.58. The van der Waals surface area contributed by atoms with Crippen molar-refractivity contribution in [2.45, 2.75) is 129 Å². The Bertz CT molecular complexity index is 1310. The van der Waals surface area contributed by atoms with Crippen LogP contribution in [0.2, 0.25) is 0 Å².